The molecule has 0 bridgehead atoms. The van der Waals surface area contributed by atoms with Crippen molar-refractivity contribution in [1.82, 2.24) is 20.2 Å². The molecule has 4 heterocycles. The van der Waals surface area contributed by atoms with Crippen LogP contribution in [-0.4, -0.2) is 41.2 Å². The Morgan fingerprint density at radius 2 is 1.90 bits per heavy atom. The van der Waals surface area contributed by atoms with E-state index in [2.05, 4.69) is 43.5 Å². The van der Waals surface area contributed by atoms with E-state index in [4.69, 9.17) is 0 Å². The van der Waals surface area contributed by atoms with Crippen molar-refractivity contribution in [2.24, 2.45) is 5.92 Å². The third kappa shape index (κ3) is 5.57. The number of halogens is 2. The molecule has 2 aliphatic rings. The van der Waals surface area contributed by atoms with Gasteiger partial charge in [0.15, 0.2) is 21.3 Å². The first kappa shape index (κ1) is 26.9. The number of nitrogens with one attached hydrogen (secondary N) is 1. The number of carbonyl (C=O) groups is 1. The second kappa shape index (κ2) is 10.2. The summed E-state index contributed by atoms with van der Waals surface area (Å²) in [5.74, 6) is -0.122. The normalized spacial score (nSPS) is 17.8. The summed E-state index contributed by atoms with van der Waals surface area (Å²) in [4.78, 5) is 24.0. The van der Waals surface area contributed by atoms with Crippen molar-refractivity contribution in [3.63, 3.8) is 0 Å². The number of alkyl halides is 2. The number of ether oxygens (including phenoxy) is 2. The van der Waals surface area contributed by atoms with Crippen LogP contribution in [0, 0.1) is 5.92 Å². The number of benzene rings is 1. The molecular weight excluding hydrogens is 530 g/mol. The molecule has 0 radical (unpaired) electrons. The van der Waals surface area contributed by atoms with Gasteiger partial charge in [0.1, 0.15) is 0 Å². The van der Waals surface area contributed by atoms with Gasteiger partial charge in [0.25, 0.3) is 5.91 Å². The Hall–Kier alpha value is -3.64. The Labute approximate surface area is 225 Å². The molecule has 12 heteroatoms. The lowest BCUT2D eigenvalue weighted by molar-refractivity contribution is -0.286. The molecule has 206 valence electrons. The van der Waals surface area contributed by atoms with Crippen molar-refractivity contribution in [3.8, 4) is 11.5 Å². The Morgan fingerprint density at radius 1 is 1.13 bits per heavy atom. The molecule has 1 atom stereocenters. The maximum atomic E-state index is 13.4. The second-order valence-corrected chi connectivity index (χ2v) is 12.2. The smallest absolute Gasteiger partial charge is 0.395 e. The number of hydrogen-bond donors (Lipinski definition) is 1. The predicted molar refractivity (Wildman–Crippen MR) is 137 cm³/mol. The molecule has 0 saturated heterocycles. The molecule has 0 fully saturated rings. The average Bonchev–Trinajstić information content (AvgIpc) is 3.41. The first-order chi connectivity index (χ1) is 18.5. The highest BCUT2D eigenvalue weighted by atomic mass is 32.2. The third-order valence-corrected chi connectivity index (χ3v) is 8.48. The number of aromatic nitrogens is 2. The number of hydrogen-bond acceptors (Lipinski definition) is 8. The second-order valence-electron chi connectivity index (χ2n) is 9.88. The van der Waals surface area contributed by atoms with Crippen LogP contribution in [-0.2, 0) is 29.5 Å². The largest absolute Gasteiger partial charge is 0.586 e. The Morgan fingerprint density at radius 3 is 2.59 bits per heavy atom. The quantitative estimate of drug-likeness (QED) is 0.437. The number of sulfone groups is 1. The summed E-state index contributed by atoms with van der Waals surface area (Å²) in [5, 5.41) is 2.80. The molecule has 3 aromatic rings. The van der Waals surface area contributed by atoms with Crippen LogP contribution in [0.3, 0.4) is 0 Å². The van der Waals surface area contributed by atoms with Crippen molar-refractivity contribution in [1.29, 1.82) is 0 Å². The molecule has 1 amide bonds. The number of rotatable bonds is 8. The number of carbonyl (C=O) groups excluding carboxylic acids is 1. The summed E-state index contributed by atoms with van der Waals surface area (Å²) < 4.78 is 59.9. The van der Waals surface area contributed by atoms with Gasteiger partial charge in [-0.05, 0) is 47.4 Å². The zero-order valence-corrected chi connectivity index (χ0v) is 22.5. The summed E-state index contributed by atoms with van der Waals surface area (Å²) >= 11 is 0. The van der Waals surface area contributed by atoms with Crippen LogP contribution in [0.2, 0.25) is 0 Å². The fraction of sp³-hybridized carbons (Fsp3) is 0.370. The number of amides is 1. The van der Waals surface area contributed by atoms with E-state index in [-0.39, 0.29) is 46.6 Å². The van der Waals surface area contributed by atoms with Crippen LogP contribution in [0.15, 0.2) is 53.7 Å². The molecule has 39 heavy (non-hydrogen) atoms. The van der Waals surface area contributed by atoms with Crippen LogP contribution in [0.4, 0.5) is 8.78 Å². The van der Waals surface area contributed by atoms with Gasteiger partial charge in [-0.25, -0.2) is 8.42 Å². The zero-order valence-electron chi connectivity index (χ0n) is 21.6. The Balaban J connectivity index is 1.27. The average molecular weight is 559 g/mol. The van der Waals surface area contributed by atoms with E-state index in [1.54, 1.807) is 31.3 Å². The predicted octanol–water partition coefficient (Wildman–Crippen LogP) is 4.23. The topological polar surface area (TPSA) is 111 Å². The summed E-state index contributed by atoms with van der Waals surface area (Å²) in [6.07, 6.45) is -0.828. The zero-order chi connectivity index (χ0) is 27.9. The summed E-state index contributed by atoms with van der Waals surface area (Å²) in [7, 11) is -3.34. The van der Waals surface area contributed by atoms with Crippen LogP contribution in [0.1, 0.15) is 59.7 Å². The fourth-order valence-corrected chi connectivity index (χ4v) is 5.71. The van der Waals surface area contributed by atoms with Crippen molar-refractivity contribution in [3.05, 3.63) is 76.9 Å². The molecule has 5 rings (SSSR count). The molecule has 1 N–H and O–H groups in total. The van der Waals surface area contributed by atoms with Gasteiger partial charge in [-0.3, -0.25) is 19.7 Å². The summed E-state index contributed by atoms with van der Waals surface area (Å²) in [6, 6.07) is 9.62. The highest BCUT2D eigenvalue weighted by molar-refractivity contribution is 7.91. The van der Waals surface area contributed by atoms with Gasteiger partial charge in [0, 0.05) is 25.5 Å². The Bertz CT molecular complexity index is 1510. The molecule has 0 spiro atoms. The van der Waals surface area contributed by atoms with Crippen molar-refractivity contribution in [2.75, 3.05) is 5.75 Å². The molecule has 2 aromatic heterocycles. The van der Waals surface area contributed by atoms with Crippen molar-refractivity contribution >= 4 is 15.7 Å². The molecule has 0 aliphatic carbocycles. The minimum Gasteiger partial charge on any atom is -0.395 e. The van der Waals surface area contributed by atoms with E-state index in [0.717, 1.165) is 16.8 Å². The van der Waals surface area contributed by atoms with Gasteiger partial charge in [-0.2, -0.15) is 0 Å². The minimum absolute atomic E-state index is 0.00308. The molecule has 2 aliphatic heterocycles. The standard InChI is InChI=1S/C27H28F2N4O5S/c1-4-39(35,36)21-7-6-20(30-13-21)12-32-26(34)18-10-19-15-33(25(16(2)3)24(19)31-11-18)14-17-5-8-22-23(9-17)38-27(28,29)37-22/h5-11,13,16,25H,4,12,14-15H2,1-3H3,(H,32,34)/t25-/m0/s1. The van der Waals surface area contributed by atoms with E-state index in [1.165, 1.54) is 18.3 Å². The van der Waals surface area contributed by atoms with E-state index < -0.39 is 16.1 Å². The Kier molecular flexibility index (Phi) is 7.02. The molecular formula is C27H28F2N4O5S. The van der Waals surface area contributed by atoms with Gasteiger partial charge in [0.05, 0.1) is 40.2 Å². The third-order valence-electron chi connectivity index (χ3n) is 6.76. The number of nitrogens with zero attached hydrogens (tertiary/aromatic N) is 3. The van der Waals surface area contributed by atoms with Crippen LogP contribution >= 0.6 is 0 Å². The van der Waals surface area contributed by atoms with Crippen molar-refractivity contribution < 1.29 is 31.5 Å². The van der Waals surface area contributed by atoms with Gasteiger partial charge in [-0.15, -0.1) is 8.78 Å². The lowest BCUT2D eigenvalue weighted by atomic mass is 9.99. The number of fused-ring (bicyclic) bond motifs is 2. The lowest BCUT2D eigenvalue weighted by Gasteiger charge is -2.27. The van der Waals surface area contributed by atoms with E-state index in [1.807, 2.05) is 6.07 Å². The number of pyridine rings is 2. The lowest BCUT2D eigenvalue weighted by Crippen LogP contribution is -2.26. The monoisotopic (exact) mass is 558 g/mol. The molecule has 1 aromatic carbocycles. The minimum atomic E-state index is -3.67. The van der Waals surface area contributed by atoms with Crippen LogP contribution < -0.4 is 14.8 Å². The summed E-state index contributed by atoms with van der Waals surface area (Å²) in [5.41, 5.74) is 3.51. The SMILES string of the molecule is CCS(=O)(=O)c1ccc(CNC(=O)c2cnc3c(c2)CN(Cc2ccc4c(c2)OC(F)(F)O4)[C@H]3C(C)C)nc1. The van der Waals surface area contributed by atoms with Gasteiger partial charge in [-0.1, -0.05) is 26.8 Å². The maximum Gasteiger partial charge on any atom is 0.586 e. The van der Waals surface area contributed by atoms with E-state index in [9.17, 15) is 22.0 Å². The van der Waals surface area contributed by atoms with Gasteiger partial charge < -0.3 is 14.8 Å². The molecule has 9 nitrogen and oxygen atoms in total. The van der Waals surface area contributed by atoms with Crippen LogP contribution in [0.25, 0.3) is 0 Å². The first-order valence-electron chi connectivity index (χ1n) is 12.5. The highest BCUT2D eigenvalue weighted by Crippen LogP contribution is 2.43. The van der Waals surface area contributed by atoms with Gasteiger partial charge in [0.2, 0.25) is 0 Å². The highest BCUT2D eigenvalue weighted by Gasteiger charge is 2.43. The molecule has 0 saturated carbocycles. The van der Waals surface area contributed by atoms with E-state index in [0.29, 0.717) is 24.3 Å². The fourth-order valence-electron chi connectivity index (χ4n) is 4.89. The first-order valence-corrected chi connectivity index (χ1v) is 14.2. The van der Waals surface area contributed by atoms with Gasteiger partial charge >= 0.3 is 6.29 Å². The summed E-state index contributed by atoms with van der Waals surface area (Å²) in [6.45, 7) is 6.87. The van der Waals surface area contributed by atoms with E-state index >= 15 is 0 Å². The van der Waals surface area contributed by atoms with Crippen LogP contribution in [0.5, 0.6) is 11.5 Å². The maximum absolute atomic E-state index is 13.4. The molecule has 0 unspecified atom stereocenters. The van der Waals surface area contributed by atoms with Crippen molar-refractivity contribution in [2.45, 2.75) is 57.6 Å².